The molecular weight excluding hydrogens is 455 g/mol. The molecule has 0 bridgehead atoms. The highest BCUT2D eigenvalue weighted by Crippen LogP contribution is 2.26. The van der Waals surface area contributed by atoms with Crippen LogP contribution in [0.5, 0.6) is 0 Å². The van der Waals surface area contributed by atoms with Gasteiger partial charge in [0.15, 0.2) is 5.96 Å². The number of ether oxygens (including phenoxy) is 1. The molecule has 3 N–H and O–H groups in total. The van der Waals surface area contributed by atoms with Crippen LogP contribution in [-0.4, -0.2) is 38.2 Å². The molecule has 1 aromatic carbocycles. The molecule has 0 unspecified atom stereocenters. The summed E-state index contributed by atoms with van der Waals surface area (Å²) in [6.07, 6.45) is 4.34. The van der Waals surface area contributed by atoms with Crippen molar-refractivity contribution in [2.24, 2.45) is 10.9 Å². The van der Waals surface area contributed by atoms with Crippen LogP contribution >= 0.6 is 24.0 Å². The number of benzene rings is 1. The third-order valence-electron chi connectivity index (χ3n) is 4.43. The van der Waals surface area contributed by atoms with Crippen molar-refractivity contribution in [2.75, 3.05) is 31.6 Å². The fourth-order valence-corrected chi connectivity index (χ4v) is 3.08. The number of halogens is 1. The number of rotatable bonds is 9. The largest absolute Gasteiger partial charge is 0.380 e. The fraction of sp³-hybridized carbons (Fsp3) is 0.600. The second-order valence-electron chi connectivity index (χ2n) is 6.49. The van der Waals surface area contributed by atoms with Gasteiger partial charge in [0.1, 0.15) is 0 Å². The van der Waals surface area contributed by atoms with Crippen LogP contribution in [0.2, 0.25) is 0 Å². The maximum atomic E-state index is 12.3. The Kier molecular flexibility index (Phi) is 12.1. The molecule has 1 fully saturated rings. The van der Waals surface area contributed by atoms with Crippen molar-refractivity contribution in [3.05, 3.63) is 29.8 Å². The summed E-state index contributed by atoms with van der Waals surface area (Å²) in [6.45, 7) is 7.47. The standard InChI is InChI=1S/C20H32N4O2.HI/c1-3-21-20(22-12-13-26-4-2)23-15-16-8-7-11-18(14-16)24-19(25)17-9-5-6-10-17;/h7-8,11,14,17H,3-6,9-10,12-13,15H2,1-2H3,(H,24,25)(H2,21,22,23);1H. The van der Waals surface area contributed by atoms with E-state index in [9.17, 15) is 4.79 Å². The SMILES string of the molecule is CCNC(=NCc1cccc(NC(=O)C2CCCC2)c1)NCCOCC.I. The highest BCUT2D eigenvalue weighted by Gasteiger charge is 2.22. The molecule has 1 amide bonds. The van der Waals surface area contributed by atoms with Gasteiger partial charge in [-0.3, -0.25) is 4.79 Å². The Morgan fingerprint density at radius 2 is 2.00 bits per heavy atom. The molecule has 1 saturated carbocycles. The molecular formula is C20H33IN4O2. The van der Waals surface area contributed by atoms with Gasteiger partial charge in [0.2, 0.25) is 5.91 Å². The zero-order valence-electron chi connectivity index (χ0n) is 16.4. The van der Waals surface area contributed by atoms with E-state index < -0.39 is 0 Å². The molecule has 2 rings (SSSR count). The van der Waals surface area contributed by atoms with Crippen molar-refractivity contribution in [3.8, 4) is 0 Å². The van der Waals surface area contributed by atoms with Gasteiger partial charge < -0.3 is 20.7 Å². The molecule has 7 heteroatoms. The summed E-state index contributed by atoms with van der Waals surface area (Å²) in [5, 5.41) is 9.53. The second kappa shape index (κ2) is 13.8. The number of amides is 1. The number of nitrogens with one attached hydrogen (secondary N) is 3. The van der Waals surface area contributed by atoms with Gasteiger partial charge in [-0.25, -0.2) is 4.99 Å². The first kappa shape index (κ1) is 23.7. The van der Waals surface area contributed by atoms with E-state index in [0.29, 0.717) is 19.8 Å². The smallest absolute Gasteiger partial charge is 0.227 e. The molecule has 1 aliphatic rings. The summed E-state index contributed by atoms with van der Waals surface area (Å²) in [7, 11) is 0. The molecule has 152 valence electrons. The van der Waals surface area contributed by atoms with Crippen LogP contribution in [0.4, 0.5) is 5.69 Å². The average molecular weight is 488 g/mol. The molecule has 1 aliphatic carbocycles. The molecule has 0 aliphatic heterocycles. The zero-order chi connectivity index (χ0) is 18.6. The van der Waals surface area contributed by atoms with E-state index >= 15 is 0 Å². The van der Waals surface area contributed by atoms with Crippen LogP contribution in [0.25, 0.3) is 0 Å². The van der Waals surface area contributed by atoms with Gasteiger partial charge in [-0.1, -0.05) is 25.0 Å². The third kappa shape index (κ3) is 8.92. The molecule has 0 radical (unpaired) electrons. The lowest BCUT2D eigenvalue weighted by Gasteiger charge is -2.12. The number of guanidine groups is 1. The highest BCUT2D eigenvalue weighted by atomic mass is 127. The zero-order valence-corrected chi connectivity index (χ0v) is 18.8. The van der Waals surface area contributed by atoms with Crippen LogP contribution in [-0.2, 0) is 16.1 Å². The molecule has 27 heavy (non-hydrogen) atoms. The summed E-state index contributed by atoms with van der Waals surface area (Å²) in [5.41, 5.74) is 1.92. The molecule has 0 heterocycles. The van der Waals surface area contributed by atoms with Gasteiger partial charge in [-0.2, -0.15) is 0 Å². The van der Waals surface area contributed by atoms with Crippen LogP contribution in [0.3, 0.4) is 0 Å². The van der Waals surface area contributed by atoms with Crippen LogP contribution in [0, 0.1) is 5.92 Å². The first-order valence-corrected chi connectivity index (χ1v) is 9.72. The minimum atomic E-state index is 0. The van der Waals surface area contributed by atoms with Gasteiger partial charge in [-0.15, -0.1) is 24.0 Å². The second-order valence-corrected chi connectivity index (χ2v) is 6.49. The van der Waals surface area contributed by atoms with Crippen LogP contribution in [0.15, 0.2) is 29.3 Å². The molecule has 6 nitrogen and oxygen atoms in total. The van der Waals surface area contributed by atoms with Gasteiger partial charge in [-0.05, 0) is 44.4 Å². The number of anilines is 1. The monoisotopic (exact) mass is 488 g/mol. The lowest BCUT2D eigenvalue weighted by Crippen LogP contribution is -2.39. The number of hydrogen-bond donors (Lipinski definition) is 3. The fourth-order valence-electron chi connectivity index (χ4n) is 3.08. The van der Waals surface area contributed by atoms with E-state index in [1.165, 1.54) is 0 Å². The number of hydrogen-bond acceptors (Lipinski definition) is 3. The predicted molar refractivity (Wildman–Crippen MR) is 122 cm³/mol. The number of carbonyl (C=O) groups is 1. The van der Waals surface area contributed by atoms with E-state index in [4.69, 9.17) is 4.74 Å². The lowest BCUT2D eigenvalue weighted by molar-refractivity contribution is -0.119. The summed E-state index contributed by atoms with van der Waals surface area (Å²) < 4.78 is 5.33. The van der Waals surface area contributed by atoms with Crippen molar-refractivity contribution in [2.45, 2.75) is 46.1 Å². The van der Waals surface area contributed by atoms with Gasteiger partial charge >= 0.3 is 0 Å². The third-order valence-corrected chi connectivity index (χ3v) is 4.43. The molecule has 0 aromatic heterocycles. The number of aliphatic imine (C=N–C) groups is 1. The minimum Gasteiger partial charge on any atom is -0.380 e. The molecule has 0 spiro atoms. The van der Waals surface area contributed by atoms with E-state index in [2.05, 4.69) is 20.9 Å². The van der Waals surface area contributed by atoms with Crippen molar-refractivity contribution >= 4 is 41.5 Å². The summed E-state index contributed by atoms with van der Waals surface area (Å²) in [6, 6.07) is 7.93. The van der Waals surface area contributed by atoms with Crippen LogP contribution < -0.4 is 16.0 Å². The number of nitrogens with zero attached hydrogens (tertiary/aromatic N) is 1. The maximum Gasteiger partial charge on any atom is 0.227 e. The Bertz CT molecular complexity index is 589. The topological polar surface area (TPSA) is 74.8 Å². The Morgan fingerprint density at radius 3 is 2.70 bits per heavy atom. The van der Waals surface area contributed by atoms with Gasteiger partial charge in [0, 0.05) is 31.3 Å². The van der Waals surface area contributed by atoms with E-state index in [1.54, 1.807) is 0 Å². The Labute approximate surface area is 179 Å². The molecule has 0 atom stereocenters. The van der Waals surface area contributed by atoms with Gasteiger partial charge in [0.25, 0.3) is 0 Å². The molecule has 0 saturated heterocycles. The van der Waals surface area contributed by atoms with E-state index in [1.807, 2.05) is 38.1 Å². The first-order chi connectivity index (χ1) is 12.7. The molecule has 1 aromatic rings. The lowest BCUT2D eigenvalue weighted by atomic mass is 10.1. The highest BCUT2D eigenvalue weighted by molar-refractivity contribution is 14.0. The Hall–Kier alpha value is -1.35. The maximum absolute atomic E-state index is 12.3. The van der Waals surface area contributed by atoms with E-state index in [0.717, 1.165) is 56.0 Å². The van der Waals surface area contributed by atoms with Crippen molar-refractivity contribution in [1.29, 1.82) is 0 Å². The predicted octanol–water partition coefficient (Wildman–Crippen LogP) is 3.52. The summed E-state index contributed by atoms with van der Waals surface area (Å²) >= 11 is 0. The van der Waals surface area contributed by atoms with E-state index in [-0.39, 0.29) is 35.8 Å². The van der Waals surface area contributed by atoms with Crippen molar-refractivity contribution in [1.82, 2.24) is 10.6 Å². The van der Waals surface area contributed by atoms with Crippen molar-refractivity contribution in [3.63, 3.8) is 0 Å². The Balaban J connectivity index is 0.00000364. The quantitative estimate of drug-likeness (QED) is 0.215. The van der Waals surface area contributed by atoms with Crippen LogP contribution in [0.1, 0.15) is 45.1 Å². The Morgan fingerprint density at radius 1 is 1.22 bits per heavy atom. The minimum absolute atomic E-state index is 0. The summed E-state index contributed by atoms with van der Waals surface area (Å²) in [4.78, 5) is 16.9. The number of carbonyl (C=O) groups excluding carboxylic acids is 1. The normalized spacial score (nSPS) is 14.5. The van der Waals surface area contributed by atoms with Crippen molar-refractivity contribution < 1.29 is 9.53 Å². The average Bonchev–Trinajstić information content (AvgIpc) is 3.18. The summed E-state index contributed by atoms with van der Waals surface area (Å²) in [5.74, 6) is 1.09. The van der Waals surface area contributed by atoms with Gasteiger partial charge in [0.05, 0.1) is 13.2 Å². The first-order valence-electron chi connectivity index (χ1n) is 9.72.